The van der Waals surface area contributed by atoms with Crippen molar-refractivity contribution in [1.82, 2.24) is 19.8 Å². The Bertz CT molecular complexity index is 1010. The second-order valence-corrected chi connectivity index (χ2v) is 7.82. The molecule has 0 unspecified atom stereocenters. The van der Waals surface area contributed by atoms with Crippen LogP contribution in [0.1, 0.15) is 34.2 Å². The molecule has 170 valence electrons. The van der Waals surface area contributed by atoms with E-state index in [4.69, 9.17) is 9.47 Å². The molecule has 3 heterocycles. The maximum absolute atomic E-state index is 13.7. The molecular formula is C22H24F2N4O4. The van der Waals surface area contributed by atoms with Gasteiger partial charge in [-0.15, -0.1) is 0 Å². The first kappa shape index (κ1) is 22.1. The summed E-state index contributed by atoms with van der Waals surface area (Å²) < 4.78 is 37.1. The van der Waals surface area contributed by atoms with Gasteiger partial charge in [-0.1, -0.05) is 0 Å². The minimum Gasteiger partial charge on any atom is -0.481 e. The number of hydrogen-bond acceptors (Lipinski definition) is 6. The Morgan fingerprint density at radius 1 is 1.19 bits per heavy atom. The third-order valence-corrected chi connectivity index (χ3v) is 5.68. The molecule has 0 bridgehead atoms. The SMILES string of the molecule is Cc1nc([C@@H]2CCN(C(=O)COc3ccc(F)cc3F)C2)ncc1C(=O)N1CCOCC1. The summed E-state index contributed by atoms with van der Waals surface area (Å²) in [6.07, 6.45) is 2.23. The van der Waals surface area contributed by atoms with Gasteiger partial charge in [0.2, 0.25) is 0 Å². The highest BCUT2D eigenvalue weighted by molar-refractivity contribution is 5.95. The van der Waals surface area contributed by atoms with Crippen LogP contribution in [0.15, 0.2) is 24.4 Å². The summed E-state index contributed by atoms with van der Waals surface area (Å²) in [6.45, 7) is 4.47. The Kier molecular flexibility index (Phi) is 6.59. The summed E-state index contributed by atoms with van der Waals surface area (Å²) in [6, 6.07) is 2.93. The lowest BCUT2D eigenvalue weighted by atomic mass is 10.1. The highest BCUT2D eigenvalue weighted by Crippen LogP contribution is 2.26. The van der Waals surface area contributed by atoms with Crippen LogP contribution in [0.5, 0.6) is 5.75 Å². The van der Waals surface area contributed by atoms with Crippen molar-refractivity contribution in [1.29, 1.82) is 0 Å². The molecule has 0 aliphatic carbocycles. The Morgan fingerprint density at radius 2 is 1.97 bits per heavy atom. The van der Waals surface area contributed by atoms with Crippen molar-refractivity contribution in [2.45, 2.75) is 19.3 Å². The molecule has 32 heavy (non-hydrogen) atoms. The number of aryl methyl sites for hydroxylation is 1. The van der Waals surface area contributed by atoms with Crippen molar-refractivity contribution < 1.29 is 27.8 Å². The Labute approximate surface area is 184 Å². The molecule has 1 atom stereocenters. The zero-order valence-corrected chi connectivity index (χ0v) is 17.7. The van der Waals surface area contributed by atoms with E-state index in [0.717, 1.165) is 12.1 Å². The first-order valence-electron chi connectivity index (χ1n) is 10.5. The van der Waals surface area contributed by atoms with Crippen molar-refractivity contribution in [3.63, 3.8) is 0 Å². The zero-order valence-electron chi connectivity index (χ0n) is 17.7. The van der Waals surface area contributed by atoms with E-state index in [-0.39, 0.29) is 30.1 Å². The van der Waals surface area contributed by atoms with Crippen LogP contribution in [0, 0.1) is 18.6 Å². The number of ether oxygens (including phenoxy) is 2. The number of nitrogens with zero attached hydrogens (tertiary/aromatic N) is 4. The number of likely N-dealkylation sites (tertiary alicyclic amines) is 1. The fraction of sp³-hybridized carbons (Fsp3) is 0.455. The third kappa shape index (κ3) is 4.85. The molecule has 2 aliphatic heterocycles. The number of carbonyl (C=O) groups excluding carboxylic acids is 2. The van der Waals surface area contributed by atoms with Crippen molar-refractivity contribution in [2.24, 2.45) is 0 Å². The number of rotatable bonds is 5. The van der Waals surface area contributed by atoms with Crippen LogP contribution in [-0.2, 0) is 9.53 Å². The summed E-state index contributed by atoms with van der Waals surface area (Å²) in [4.78, 5) is 37.4. The standard InChI is InChI=1S/C22H24F2N4O4/c1-14-17(22(30)27-6-8-31-9-7-27)11-25-21(26-14)15-4-5-28(12-15)20(29)13-32-19-3-2-16(23)10-18(19)24/h2-3,10-11,15H,4-9,12-13H2,1H3/t15-/m1/s1. The van der Waals surface area contributed by atoms with Crippen molar-refractivity contribution in [2.75, 3.05) is 46.0 Å². The molecule has 2 fully saturated rings. The van der Waals surface area contributed by atoms with Crippen LogP contribution < -0.4 is 4.74 Å². The van der Waals surface area contributed by atoms with Crippen molar-refractivity contribution in [3.05, 3.63) is 53.1 Å². The number of amides is 2. The lowest BCUT2D eigenvalue weighted by Gasteiger charge is -2.27. The average Bonchev–Trinajstić information content (AvgIpc) is 3.29. The second-order valence-electron chi connectivity index (χ2n) is 7.82. The van der Waals surface area contributed by atoms with Crippen molar-refractivity contribution >= 4 is 11.8 Å². The summed E-state index contributed by atoms with van der Waals surface area (Å²) in [5.41, 5.74) is 1.07. The highest BCUT2D eigenvalue weighted by atomic mass is 19.1. The number of halogens is 2. The molecule has 2 aromatic rings. The van der Waals surface area contributed by atoms with Crippen molar-refractivity contribution in [3.8, 4) is 5.75 Å². The van der Waals surface area contributed by atoms with Gasteiger partial charge in [0.15, 0.2) is 18.2 Å². The number of aromatic nitrogens is 2. The molecule has 2 amide bonds. The number of benzene rings is 1. The minimum atomic E-state index is -0.854. The van der Waals surface area contributed by atoms with Crippen LogP contribution in [-0.4, -0.2) is 77.6 Å². The molecule has 2 saturated heterocycles. The lowest BCUT2D eigenvalue weighted by Crippen LogP contribution is -2.41. The molecule has 8 nitrogen and oxygen atoms in total. The monoisotopic (exact) mass is 446 g/mol. The van der Waals surface area contributed by atoms with Gasteiger partial charge in [-0.3, -0.25) is 9.59 Å². The van der Waals surface area contributed by atoms with E-state index in [1.54, 1.807) is 22.9 Å². The van der Waals surface area contributed by atoms with Crippen LogP contribution in [0.3, 0.4) is 0 Å². The molecule has 4 rings (SSSR count). The first-order valence-corrected chi connectivity index (χ1v) is 10.5. The fourth-order valence-electron chi connectivity index (χ4n) is 3.85. The molecule has 0 saturated carbocycles. The number of carbonyl (C=O) groups is 2. The van der Waals surface area contributed by atoms with E-state index >= 15 is 0 Å². The highest BCUT2D eigenvalue weighted by Gasteiger charge is 2.30. The maximum atomic E-state index is 13.7. The van der Waals surface area contributed by atoms with Gasteiger partial charge in [0.25, 0.3) is 11.8 Å². The third-order valence-electron chi connectivity index (χ3n) is 5.68. The van der Waals surface area contributed by atoms with E-state index in [1.165, 1.54) is 0 Å². The summed E-state index contributed by atoms with van der Waals surface area (Å²) in [5, 5.41) is 0. The van der Waals surface area contributed by atoms with E-state index < -0.39 is 11.6 Å². The fourth-order valence-corrected chi connectivity index (χ4v) is 3.85. The average molecular weight is 446 g/mol. The van der Waals surface area contributed by atoms with Gasteiger partial charge in [0.05, 0.1) is 24.5 Å². The lowest BCUT2D eigenvalue weighted by molar-refractivity contribution is -0.132. The molecular weight excluding hydrogens is 422 g/mol. The topological polar surface area (TPSA) is 84.9 Å². The van der Waals surface area contributed by atoms with Crippen LogP contribution in [0.2, 0.25) is 0 Å². The second kappa shape index (κ2) is 9.56. The van der Waals surface area contributed by atoms with Crippen LogP contribution in [0.25, 0.3) is 0 Å². The van der Waals surface area contributed by atoms with Gasteiger partial charge in [-0.25, -0.2) is 18.7 Å². The van der Waals surface area contributed by atoms with Crippen LogP contribution >= 0.6 is 0 Å². The van der Waals surface area contributed by atoms with Crippen LogP contribution in [0.4, 0.5) is 8.78 Å². The van der Waals surface area contributed by atoms with Gasteiger partial charge >= 0.3 is 0 Å². The van der Waals surface area contributed by atoms with Gasteiger partial charge in [0, 0.05) is 44.4 Å². The van der Waals surface area contributed by atoms with Gasteiger partial charge in [-0.05, 0) is 25.5 Å². The molecule has 1 aromatic heterocycles. The predicted molar refractivity (Wildman–Crippen MR) is 109 cm³/mol. The Hall–Kier alpha value is -3.14. The van der Waals surface area contributed by atoms with Gasteiger partial charge < -0.3 is 19.3 Å². The zero-order chi connectivity index (χ0) is 22.7. The first-order chi connectivity index (χ1) is 15.4. The summed E-state index contributed by atoms with van der Waals surface area (Å²) in [7, 11) is 0. The molecule has 10 heteroatoms. The predicted octanol–water partition coefficient (Wildman–Crippen LogP) is 1.93. The quantitative estimate of drug-likeness (QED) is 0.698. The minimum absolute atomic E-state index is 0.0623. The van der Waals surface area contributed by atoms with E-state index in [2.05, 4.69) is 9.97 Å². The Morgan fingerprint density at radius 3 is 2.69 bits per heavy atom. The molecule has 1 aromatic carbocycles. The summed E-state index contributed by atoms with van der Waals surface area (Å²) >= 11 is 0. The maximum Gasteiger partial charge on any atom is 0.260 e. The molecule has 0 spiro atoms. The van der Waals surface area contributed by atoms with E-state index in [1.807, 2.05) is 0 Å². The van der Waals surface area contributed by atoms with Gasteiger partial charge in [0.1, 0.15) is 11.6 Å². The Balaban J connectivity index is 1.34. The normalized spacial score (nSPS) is 18.7. The van der Waals surface area contributed by atoms with E-state index in [9.17, 15) is 18.4 Å². The van der Waals surface area contributed by atoms with E-state index in [0.29, 0.717) is 69.0 Å². The largest absolute Gasteiger partial charge is 0.481 e. The smallest absolute Gasteiger partial charge is 0.260 e. The number of hydrogen-bond donors (Lipinski definition) is 0. The number of morpholine rings is 1. The van der Waals surface area contributed by atoms with Gasteiger partial charge in [-0.2, -0.15) is 0 Å². The molecule has 2 aliphatic rings. The molecule has 0 N–H and O–H groups in total. The summed E-state index contributed by atoms with van der Waals surface area (Å²) in [5.74, 6) is -1.62. The molecule has 0 radical (unpaired) electrons.